The molecule has 0 heterocycles. The third kappa shape index (κ3) is 3.35. The normalized spacial score (nSPS) is 14.2. The highest BCUT2D eigenvalue weighted by atomic mass is 16.4. The molecule has 1 unspecified atom stereocenters. The van der Waals surface area contributed by atoms with E-state index in [-0.39, 0.29) is 0 Å². The van der Waals surface area contributed by atoms with Gasteiger partial charge in [-0.05, 0) is 19.8 Å². The molecule has 0 fully saturated rings. The Kier molecular flexibility index (Phi) is 4.99. The van der Waals surface area contributed by atoms with Crippen molar-refractivity contribution in [3.05, 3.63) is 0 Å². The van der Waals surface area contributed by atoms with Gasteiger partial charge in [-0.2, -0.15) is 0 Å². The SMILES string of the molecule is CCC[N+](C)(CCC)C(C)C(=O)[O-]. The highest BCUT2D eigenvalue weighted by Crippen LogP contribution is 2.12. The Morgan fingerprint density at radius 2 is 1.69 bits per heavy atom. The van der Waals surface area contributed by atoms with E-state index >= 15 is 0 Å². The molecule has 13 heavy (non-hydrogen) atoms. The van der Waals surface area contributed by atoms with E-state index in [4.69, 9.17) is 0 Å². The van der Waals surface area contributed by atoms with Crippen molar-refractivity contribution in [2.75, 3.05) is 20.1 Å². The first-order valence-electron chi connectivity index (χ1n) is 5.03. The molecule has 0 amide bonds. The van der Waals surface area contributed by atoms with Gasteiger partial charge in [-0.15, -0.1) is 0 Å². The lowest BCUT2D eigenvalue weighted by atomic mass is 10.2. The summed E-state index contributed by atoms with van der Waals surface area (Å²) in [4.78, 5) is 10.8. The Morgan fingerprint density at radius 1 is 1.31 bits per heavy atom. The molecule has 1 atom stereocenters. The molecule has 0 saturated carbocycles. The zero-order chi connectivity index (χ0) is 10.5. The van der Waals surface area contributed by atoms with Gasteiger partial charge in [0.1, 0.15) is 6.04 Å². The molecule has 78 valence electrons. The second-order valence-corrected chi connectivity index (χ2v) is 3.92. The molecule has 0 aromatic carbocycles. The molecule has 0 rings (SSSR count). The van der Waals surface area contributed by atoms with E-state index < -0.39 is 12.0 Å². The highest BCUT2D eigenvalue weighted by molar-refractivity contribution is 5.69. The third-order valence-corrected chi connectivity index (χ3v) is 2.74. The molecule has 3 heteroatoms. The fourth-order valence-electron chi connectivity index (χ4n) is 1.78. The van der Waals surface area contributed by atoms with Gasteiger partial charge in [0.05, 0.1) is 26.1 Å². The topological polar surface area (TPSA) is 40.1 Å². The predicted molar refractivity (Wildman–Crippen MR) is 51.0 cm³/mol. The van der Waals surface area contributed by atoms with Crippen molar-refractivity contribution in [1.82, 2.24) is 0 Å². The van der Waals surface area contributed by atoms with Crippen LogP contribution in [0.1, 0.15) is 33.6 Å². The van der Waals surface area contributed by atoms with E-state index in [0.717, 1.165) is 25.9 Å². The number of carboxylic acids is 1. The summed E-state index contributed by atoms with van der Waals surface area (Å²) in [6.07, 6.45) is 2.02. The van der Waals surface area contributed by atoms with Gasteiger partial charge in [-0.25, -0.2) is 0 Å². The quantitative estimate of drug-likeness (QED) is 0.564. The fraction of sp³-hybridized carbons (Fsp3) is 0.900. The lowest BCUT2D eigenvalue weighted by molar-refractivity contribution is -0.925. The maximum absolute atomic E-state index is 10.8. The van der Waals surface area contributed by atoms with Crippen molar-refractivity contribution in [2.45, 2.75) is 39.7 Å². The van der Waals surface area contributed by atoms with Crippen LogP contribution in [-0.2, 0) is 4.79 Å². The summed E-state index contributed by atoms with van der Waals surface area (Å²) < 4.78 is 0.593. The van der Waals surface area contributed by atoms with Crippen LogP contribution in [0, 0.1) is 0 Å². The number of nitrogens with zero attached hydrogens (tertiary/aromatic N) is 1. The minimum absolute atomic E-state index is 0.403. The van der Waals surface area contributed by atoms with E-state index in [1.54, 1.807) is 6.92 Å². The number of hydrogen-bond donors (Lipinski definition) is 0. The fourth-order valence-corrected chi connectivity index (χ4v) is 1.78. The number of likely N-dealkylation sites (N-methyl/N-ethyl adjacent to an activating group) is 1. The lowest BCUT2D eigenvalue weighted by Crippen LogP contribution is -2.58. The van der Waals surface area contributed by atoms with E-state index in [1.165, 1.54) is 0 Å². The van der Waals surface area contributed by atoms with Gasteiger partial charge in [0.2, 0.25) is 0 Å². The smallest absolute Gasteiger partial charge is 0.126 e. The van der Waals surface area contributed by atoms with Crippen molar-refractivity contribution in [2.24, 2.45) is 0 Å². The van der Waals surface area contributed by atoms with E-state index in [9.17, 15) is 9.90 Å². The monoisotopic (exact) mass is 187 g/mol. The Morgan fingerprint density at radius 3 is 1.92 bits per heavy atom. The summed E-state index contributed by atoms with van der Waals surface area (Å²) in [5.74, 6) is -0.940. The van der Waals surface area contributed by atoms with Crippen LogP contribution in [-0.4, -0.2) is 36.6 Å². The molecule has 0 aliphatic carbocycles. The number of aliphatic carboxylic acids is 1. The molecule has 0 aromatic rings. The Labute approximate surface area is 80.9 Å². The van der Waals surface area contributed by atoms with Crippen molar-refractivity contribution in [3.63, 3.8) is 0 Å². The Hall–Kier alpha value is -0.570. The minimum Gasteiger partial charge on any atom is -0.544 e. The van der Waals surface area contributed by atoms with Crippen LogP contribution in [0.25, 0.3) is 0 Å². The molecule has 0 aromatic heterocycles. The number of hydrogen-bond acceptors (Lipinski definition) is 2. The van der Waals surface area contributed by atoms with Crippen molar-refractivity contribution in [3.8, 4) is 0 Å². The van der Waals surface area contributed by atoms with Crippen LogP contribution in [0.2, 0.25) is 0 Å². The van der Waals surface area contributed by atoms with Gasteiger partial charge in [0.15, 0.2) is 0 Å². The van der Waals surface area contributed by atoms with Crippen LogP contribution >= 0.6 is 0 Å². The molecule has 0 aliphatic rings. The number of carbonyl (C=O) groups is 1. The standard InChI is InChI=1S/C10H21NO2/c1-5-7-11(4,8-6-2)9(3)10(12)13/h9H,5-8H2,1-4H3. The van der Waals surface area contributed by atoms with E-state index in [2.05, 4.69) is 13.8 Å². The molecule has 0 N–H and O–H groups in total. The number of carboxylic acid groups (broad SMARTS) is 1. The van der Waals surface area contributed by atoms with Gasteiger partial charge in [0.25, 0.3) is 0 Å². The first-order chi connectivity index (χ1) is 5.98. The zero-order valence-electron chi connectivity index (χ0n) is 9.17. The van der Waals surface area contributed by atoms with Crippen molar-refractivity contribution in [1.29, 1.82) is 0 Å². The first-order valence-corrected chi connectivity index (χ1v) is 5.03. The van der Waals surface area contributed by atoms with Crippen LogP contribution in [0.5, 0.6) is 0 Å². The average molecular weight is 187 g/mol. The van der Waals surface area contributed by atoms with Crippen molar-refractivity contribution < 1.29 is 14.4 Å². The molecule has 0 bridgehead atoms. The van der Waals surface area contributed by atoms with Gasteiger partial charge in [-0.3, -0.25) is 0 Å². The molecular formula is C10H21NO2. The maximum Gasteiger partial charge on any atom is 0.126 e. The summed E-state index contributed by atoms with van der Waals surface area (Å²) in [5, 5.41) is 10.8. The summed E-state index contributed by atoms with van der Waals surface area (Å²) in [7, 11) is 1.99. The maximum atomic E-state index is 10.8. The summed E-state index contributed by atoms with van der Waals surface area (Å²) >= 11 is 0. The Bertz CT molecular complexity index is 162. The number of quaternary nitrogens is 1. The Balaban J connectivity index is 4.45. The summed E-state index contributed by atoms with van der Waals surface area (Å²) in [6.45, 7) is 7.70. The highest BCUT2D eigenvalue weighted by Gasteiger charge is 2.27. The molecule has 0 radical (unpaired) electrons. The second kappa shape index (κ2) is 5.22. The average Bonchev–Trinajstić information content (AvgIpc) is 2.03. The number of rotatable bonds is 6. The molecule has 0 aliphatic heterocycles. The first kappa shape index (κ1) is 12.4. The van der Waals surface area contributed by atoms with E-state index in [1.807, 2.05) is 7.05 Å². The van der Waals surface area contributed by atoms with E-state index in [0.29, 0.717) is 4.48 Å². The summed E-state index contributed by atoms with van der Waals surface area (Å²) in [5.41, 5.74) is 0. The zero-order valence-corrected chi connectivity index (χ0v) is 9.17. The van der Waals surface area contributed by atoms with Gasteiger partial charge in [-0.1, -0.05) is 13.8 Å². The molecule has 3 nitrogen and oxygen atoms in total. The van der Waals surface area contributed by atoms with Gasteiger partial charge in [0, 0.05) is 0 Å². The van der Waals surface area contributed by atoms with Crippen molar-refractivity contribution >= 4 is 5.97 Å². The summed E-state index contributed by atoms with van der Waals surface area (Å²) in [6, 6.07) is -0.403. The second-order valence-electron chi connectivity index (χ2n) is 3.92. The predicted octanol–water partition coefficient (Wildman–Crippen LogP) is 0.391. The van der Waals surface area contributed by atoms with Crippen LogP contribution in [0.3, 0.4) is 0 Å². The minimum atomic E-state index is -0.940. The van der Waals surface area contributed by atoms with Crippen LogP contribution in [0.4, 0.5) is 0 Å². The van der Waals surface area contributed by atoms with Crippen LogP contribution < -0.4 is 5.11 Å². The van der Waals surface area contributed by atoms with Crippen LogP contribution in [0.15, 0.2) is 0 Å². The largest absolute Gasteiger partial charge is 0.544 e. The molecule has 0 spiro atoms. The number of carbonyl (C=O) groups excluding carboxylic acids is 1. The molecule has 0 saturated heterocycles. The van der Waals surface area contributed by atoms with Gasteiger partial charge >= 0.3 is 0 Å². The lowest BCUT2D eigenvalue weighted by Gasteiger charge is -2.40. The molecular weight excluding hydrogens is 166 g/mol. The third-order valence-electron chi connectivity index (χ3n) is 2.74. The van der Waals surface area contributed by atoms with Gasteiger partial charge < -0.3 is 14.4 Å².